The van der Waals surface area contributed by atoms with Crippen LogP contribution in [0.3, 0.4) is 0 Å². The van der Waals surface area contributed by atoms with Crippen molar-refractivity contribution in [3.05, 3.63) is 50.6 Å². The summed E-state index contributed by atoms with van der Waals surface area (Å²) in [5.41, 5.74) is 1.24. The molecule has 1 aromatic carbocycles. The zero-order chi connectivity index (χ0) is 13.0. The lowest BCUT2D eigenvalue weighted by atomic mass is 10.1. The molecule has 0 unspecified atom stereocenters. The van der Waals surface area contributed by atoms with Gasteiger partial charge in [0.15, 0.2) is 0 Å². The Hall–Kier alpha value is -0.840. The third-order valence-electron chi connectivity index (χ3n) is 2.85. The van der Waals surface area contributed by atoms with Crippen LogP contribution in [0.4, 0.5) is 0 Å². The van der Waals surface area contributed by atoms with Gasteiger partial charge in [-0.25, -0.2) is 0 Å². The van der Waals surface area contributed by atoms with Crippen molar-refractivity contribution < 1.29 is 4.74 Å². The molecular weight excluding hydrogens is 310 g/mol. The number of halogens is 1. The molecule has 0 amide bonds. The zero-order valence-corrected chi connectivity index (χ0v) is 12.8. The first-order valence-corrected chi connectivity index (χ1v) is 7.47. The van der Waals surface area contributed by atoms with Gasteiger partial charge >= 0.3 is 0 Å². The molecule has 96 valence electrons. The summed E-state index contributed by atoms with van der Waals surface area (Å²) in [5.74, 6) is 0.901. The fourth-order valence-electron chi connectivity index (χ4n) is 1.73. The largest absolute Gasteiger partial charge is 0.497 e. The molecule has 2 nitrogen and oxygen atoms in total. The van der Waals surface area contributed by atoms with E-state index in [1.54, 1.807) is 18.4 Å². The lowest BCUT2D eigenvalue weighted by Crippen LogP contribution is -2.17. The molecule has 1 atom stereocenters. The SMILES string of the molecule is COc1cccc([C@H](C)NCc2sccc2Br)c1. The van der Waals surface area contributed by atoms with Gasteiger partial charge in [0.05, 0.1) is 7.11 Å². The fraction of sp³-hybridized carbons (Fsp3) is 0.286. The van der Waals surface area contributed by atoms with Crippen LogP contribution in [0.2, 0.25) is 0 Å². The van der Waals surface area contributed by atoms with Crippen LogP contribution >= 0.6 is 27.3 Å². The van der Waals surface area contributed by atoms with E-state index < -0.39 is 0 Å². The van der Waals surface area contributed by atoms with Gasteiger partial charge in [0.25, 0.3) is 0 Å². The summed E-state index contributed by atoms with van der Waals surface area (Å²) in [7, 11) is 1.69. The quantitative estimate of drug-likeness (QED) is 0.881. The zero-order valence-electron chi connectivity index (χ0n) is 10.4. The molecule has 0 fully saturated rings. The summed E-state index contributed by atoms with van der Waals surface area (Å²) >= 11 is 5.31. The molecule has 0 aliphatic carbocycles. The first kappa shape index (κ1) is 13.6. The van der Waals surface area contributed by atoms with Crippen molar-refractivity contribution >= 4 is 27.3 Å². The summed E-state index contributed by atoms with van der Waals surface area (Å²) in [4.78, 5) is 1.32. The van der Waals surface area contributed by atoms with Gasteiger partial charge in [-0.2, -0.15) is 0 Å². The van der Waals surface area contributed by atoms with Crippen molar-refractivity contribution in [3.8, 4) is 5.75 Å². The van der Waals surface area contributed by atoms with Gasteiger partial charge in [0.2, 0.25) is 0 Å². The Balaban J connectivity index is 1.99. The van der Waals surface area contributed by atoms with E-state index in [1.165, 1.54) is 14.9 Å². The number of hydrogen-bond donors (Lipinski definition) is 1. The molecule has 1 aromatic heterocycles. The van der Waals surface area contributed by atoms with Crippen molar-refractivity contribution in [2.75, 3.05) is 7.11 Å². The Morgan fingerprint density at radius 3 is 2.89 bits per heavy atom. The van der Waals surface area contributed by atoms with Crippen LogP contribution in [0.15, 0.2) is 40.2 Å². The second-order valence-electron chi connectivity index (χ2n) is 4.07. The van der Waals surface area contributed by atoms with E-state index in [-0.39, 0.29) is 0 Å². The molecule has 4 heteroatoms. The number of hydrogen-bond acceptors (Lipinski definition) is 3. The van der Waals surface area contributed by atoms with Gasteiger partial charge in [-0.1, -0.05) is 12.1 Å². The molecule has 18 heavy (non-hydrogen) atoms. The van der Waals surface area contributed by atoms with Gasteiger partial charge < -0.3 is 10.1 Å². The van der Waals surface area contributed by atoms with Crippen LogP contribution < -0.4 is 10.1 Å². The molecule has 0 saturated carbocycles. The van der Waals surface area contributed by atoms with Crippen molar-refractivity contribution in [2.45, 2.75) is 19.5 Å². The van der Waals surface area contributed by atoms with Crippen molar-refractivity contribution in [2.24, 2.45) is 0 Å². The Kier molecular flexibility index (Phi) is 4.80. The maximum absolute atomic E-state index is 5.24. The van der Waals surface area contributed by atoms with E-state index in [1.807, 2.05) is 12.1 Å². The molecule has 0 aliphatic rings. The van der Waals surface area contributed by atoms with Crippen molar-refractivity contribution in [1.82, 2.24) is 5.32 Å². The highest BCUT2D eigenvalue weighted by Crippen LogP contribution is 2.24. The smallest absolute Gasteiger partial charge is 0.119 e. The minimum atomic E-state index is 0.300. The van der Waals surface area contributed by atoms with Crippen LogP contribution in [0.25, 0.3) is 0 Å². The van der Waals surface area contributed by atoms with E-state index in [2.05, 4.69) is 51.7 Å². The van der Waals surface area contributed by atoms with E-state index in [0.717, 1.165) is 12.3 Å². The number of benzene rings is 1. The Bertz CT molecular complexity index is 512. The van der Waals surface area contributed by atoms with Gasteiger partial charge in [-0.15, -0.1) is 11.3 Å². The third kappa shape index (κ3) is 3.34. The molecule has 2 rings (SSSR count). The lowest BCUT2D eigenvalue weighted by Gasteiger charge is -2.14. The molecule has 0 bridgehead atoms. The predicted octanol–water partition coefficient (Wildman–Crippen LogP) is 4.37. The standard InChI is InChI=1S/C14H16BrNOS/c1-10(11-4-3-5-12(8-11)17-2)16-9-14-13(15)6-7-18-14/h3-8,10,16H,9H2,1-2H3/t10-/m0/s1. The topological polar surface area (TPSA) is 21.3 Å². The average Bonchev–Trinajstić information content (AvgIpc) is 2.81. The summed E-state index contributed by atoms with van der Waals surface area (Å²) in [6.07, 6.45) is 0. The fourth-order valence-corrected chi connectivity index (χ4v) is 3.17. The Labute approximate surface area is 120 Å². The Morgan fingerprint density at radius 1 is 1.39 bits per heavy atom. The van der Waals surface area contributed by atoms with Crippen molar-refractivity contribution in [3.63, 3.8) is 0 Å². The third-order valence-corrected chi connectivity index (χ3v) is 4.78. The van der Waals surface area contributed by atoms with Crippen LogP contribution in [-0.4, -0.2) is 7.11 Å². The first-order chi connectivity index (χ1) is 8.70. The summed E-state index contributed by atoms with van der Waals surface area (Å²) < 4.78 is 6.42. The van der Waals surface area contributed by atoms with Crippen LogP contribution in [0, 0.1) is 0 Å². The van der Waals surface area contributed by atoms with E-state index in [4.69, 9.17) is 4.74 Å². The second-order valence-corrected chi connectivity index (χ2v) is 5.93. The highest BCUT2D eigenvalue weighted by molar-refractivity contribution is 9.10. The summed E-state index contributed by atoms with van der Waals surface area (Å²) in [5, 5.41) is 5.61. The average molecular weight is 326 g/mol. The monoisotopic (exact) mass is 325 g/mol. The molecular formula is C14H16BrNOS. The van der Waals surface area contributed by atoms with Crippen LogP contribution in [0.1, 0.15) is 23.4 Å². The summed E-state index contributed by atoms with van der Waals surface area (Å²) in [6.45, 7) is 3.03. The Morgan fingerprint density at radius 2 is 2.22 bits per heavy atom. The molecule has 2 aromatic rings. The molecule has 0 saturated heterocycles. The maximum Gasteiger partial charge on any atom is 0.119 e. The molecule has 0 spiro atoms. The van der Waals surface area contributed by atoms with E-state index in [9.17, 15) is 0 Å². The van der Waals surface area contributed by atoms with E-state index >= 15 is 0 Å². The summed E-state index contributed by atoms with van der Waals surface area (Å²) in [6, 6.07) is 10.6. The number of thiophene rings is 1. The molecule has 0 aliphatic heterocycles. The highest BCUT2D eigenvalue weighted by atomic mass is 79.9. The normalized spacial score (nSPS) is 12.4. The van der Waals surface area contributed by atoms with Gasteiger partial charge in [-0.05, 0) is 52.0 Å². The van der Waals surface area contributed by atoms with Gasteiger partial charge in [0, 0.05) is 21.9 Å². The van der Waals surface area contributed by atoms with Gasteiger partial charge in [-0.3, -0.25) is 0 Å². The predicted molar refractivity (Wildman–Crippen MR) is 80.3 cm³/mol. The number of ether oxygens (including phenoxy) is 1. The molecule has 1 heterocycles. The van der Waals surface area contributed by atoms with Crippen LogP contribution in [0.5, 0.6) is 5.75 Å². The molecule has 1 N–H and O–H groups in total. The minimum Gasteiger partial charge on any atom is -0.497 e. The number of methoxy groups -OCH3 is 1. The van der Waals surface area contributed by atoms with Crippen LogP contribution in [-0.2, 0) is 6.54 Å². The number of nitrogens with one attached hydrogen (secondary N) is 1. The van der Waals surface area contributed by atoms with E-state index in [0.29, 0.717) is 6.04 Å². The maximum atomic E-state index is 5.24. The van der Waals surface area contributed by atoms with Gasteiger partial charge in [0.1, 0.15) is 5.75 Å². The minimum absolute atomic E-state index is 0.300. The molecule has 0 radical (unpaired) electrons. The lowest BCUT2D eigenvalue weighted by molar-refractivity contribution is 0.413. The van der Waals surface area contributed by atoms with Crippen molar-refractivity contribution in [1.29, 1.82) is 0 Å². The first-order valence-electron chi connectivity index (χ1n) is 5.80. The highest BCUT2D eigenvalue weighted by Gasteiger charge is 2.07. The second kappa shape index (κ2) is 6.36. The number of rotatable bonds is 5.